The van der Waals surface area contributed by atoms with Crippen molar-refractivity contribution >= 4 is 50.5 Å². The van der Waals surface area contributed by atoms with Gasteiger partial charge in [0.2, 0.25) is 10.0 Å². The van der Waals surface area contributed by atoms with Gasteiger partial charge in [-0.25, -0.2) is 13.4 Å². The van der Waals surface area contributed by atoms with Crippen molar-refractivity contribution in [1.29, 1.82) is 0 Å². The molecule has 164 valence electrons. The van der Waals surface area contributed by atoms with E-state index < -0.39 is 10.0 Å². The van der Waals surface area contributed by atoms with Crippen LogP contribution in [-0.4, -0.2) is 24.2 Å². The van der Waals surface area contributed by atoms with E-state index in [9.17, 15) is 8.42 Å². The first-order chi connectivity index (χ1) is 15.2. The Bertz CT molecular complexity index is 1410. The van der Waals surface area contributed by atoms with Crippen LogP contribution in [0.5, 0.6) is 0 Å². The molecule has 0 fully saturated rings. The van der Waals surface area contributed by atoms with E-state index in [-0.39, 0.29) is 0 Å². The predicted octanol–water partition coefficient (Wildman–Crippen LogP) is 5.90. The quantitative estimate of drug-likeness (QED) is 0.385. The van der Waals surface area contributed by atoms with Crippen LogP contribution in [0.3, 0.4) is 0 Å². The molecule has 0 saturated heterocycles. The van der Waals surface area contributed by atoms with Crippen LogP contribution in [0, 0.1) is 13.8 Å². The van der Waals surface area contributed by atoms with Crippen LogP contribution in [0.25, 0.3) is 23.2 Å². The molecule has 1 N–H and O–H groups in total. The van der Waals surface area contributed by atoms with Crippen molar-refractivity contribution in [3.63, 3.8) is 0 Å². The molecular formula is C25H24ClN3O2S. The smallest absolute Gasteiger partial charge is 0.229 e. The van der Waals surface area contributed by atoms with Crippen LogP contribution in [0.4, 0.5) is 5.69 Å². The van der Waals surface area contributed by atoms with Crippen molar-refractivity contribution in [3.05, 3.63) is 93.8 Å². The number of aromatic nitrogens is 2. The van der Waals surface area contributed by atoms with Gasteiger partial charge < -0.3 is 4.57 Å². The fraction of sp³-hybridized carbons (Fsp3) is 0.160. The van der Waals surface area contributed by atoms with E-state index in [1.54, 1.807) is 0 Å². The molecule has 5 nitrogen and oxygen atoms in total. The SMILES string of the molecule is Cc1cc2c(nc(C=Cc3ccccc3)n2Cc2ccc(Cl)cc2)c(NS(C)(=O)=O)c1C. The van der Waals surface area contributed by atoms with Crippen molar-refractivity contribution in [3.8, 4) is 0 Å². The summed E-state index contributed by atoms with van der Waals surface area (Å²) in [5, 5.41) is 0.680. The lowest BCUT2D eigenvalue weighted by Crippen LogP contribution is -2.11. The molecule has 0 bridgehead atoms. The summed E-state index contributed by atoms with van der Waals surface area (Å²) in [6.07, 6.45) is 5.12. The number of rotatable bonds is 6. The summed E-state index contributed by atoms with van der Waals surface area (Å²) >= 11 is 6.06. The van der Waals surface area contributed by atoms with Gasteiger partial charge in [0.25, 0.3) is 0 Å². The topological polar surface area (TPSA) is 64.0 Å². The molecule has 0 spiro atoms. The molecular weight excluding hydrogens is 442 g/mol. The van der Waals surface area contributed by atoms with E-state index in [1.165, 1.54) is 0 Å². The third-order valence-electron chi connectivity index (χ3n) is 5.36. The van der Waals surface area contributed by atoms with E-state index >= 15 is 0 Å². The molecule has 0 radical (unpaired) electrons. The van der Waals surface area contributed by atoms with Crippen molar-refractivity contribution < 1.29 is 8.42 Å². The van der Waals surface area contributed by atoms with E-state index in [2.05, 4.69) is 15.4 Å². The Balaban J connectivity index is 1.92. The number of benzene rings is 3. The summed E-state index contributed by atoms with van der Waals surface area (Å²) in [6, 6.07) is 19.7. The van der Waals surface area contributed by atoms with Gasteiger partial charge >= 0.3 is 0 Å². The van der Waals surface area contributed by atoms with E-state index in [1.807, 2.05) is 80.6 Å². The molecule has 0 aliphatic heterocycles. The molecule has 0 saturated carbocycles. The first-order valence-corrected chi connectivity index (χ1v) is 12.4. The average Bonchev–Trinajstić information content (AvgIpc) is 3.08. The number of nitrogens with zero attached hydrogens (tertiary/aromatic N) is 2. The zero-order chi connectivity index (χ0) is 22.9. The molecule has 1 aromatic heterocycles. The fourth-order valence-electron chi connectivity index (χ4n) is 3.61. The van der Waals surface area contributed by atoms with Gasteiger partial charge in [0.1, 0.15) is 11.3 Å². The average molecular weight is 466 g/mol. The Morgan fingerprint density at radius 2 is 1.72 bits per heavy atom. The Labute approximate surface area is 193 Å². The summed E-state index contributed by atoms with van der Waals surface area (Å²) in [5.74, 6) is 0.736. The molecule has 0 unspecified atom stereocenters. The lowest BCUT2D eigenvalue weighted by Gasteiger charge is -2.13. The molecule has 7 heteroatoms. The number of hydrogen-bond donors (Lipinski definition) is 1. The number of fused-ring (bicyclic) bond motifs is 1. The zero-order valence-corrected chi connectivity index (χ0v) is 19.7. The van der Waals surface area contributed by atoms with Gasteiger partial charge in [-0.1, -0.05) is 60.1 Å². The van der Waals surface area contributed by atoms with Gasteiger partial charge in [0, 0.05) is 11.6 Å². The molecule has 4 rings (SSSR count). The minimum Gasteiger partial charge on any atom is -0.320 e. The summed E-state index contributed by atoms with van der Waals surface area (Å²) < 4.78 is 28.9. The highest BCUT2D eigenvalue weighted by atomic mass is 35.5. The molecule has 0 amide bonds. The van der Waals surface area contributed by atoms with Crippen LogP contribution in [-0.2, 0) is 16.6 Å². The van der Waals surface area contributed by atoms with Crippen LogP contribution in [0.15, 0.2) is 60.7 Å². The monoisotopic (exact) mass is 465 g/mol. The standard InChI is InChI=1S/C25H24ClN3O2S/c1-17-15-22-25(24(18(17)2)28-32(3,30)31)27-23(14-11-19-7-5-4-6-8-19)29(22)16-20-9-12-21(26)13-10-20/h4-15,28H,16H2,1-3H3. The molecule has 1 heterocycles. The highest BCUT2D eigenvalue weighted by Gasteiger charge is 2.18. The fourth-order valence-corrected chi connectivity index (χ4v) is 4.36. The Kier molecular flexibility index (Phi) is 6.09. The number of hydrogen-bond acceptors (Lipinski definition) is 3. The van der Waals surface area contributed by atoms with Crippen molar-refractivity contribution in [2.75, 3.05) is 11.0 Å². The molecule has 0 aliphatic carbocycles. The van der Waals surface area contributed by atoms with Gasteiger partial charge in [-0.15, -0.1) is 0 Å². The summed E-state index contributed by atoms with van der Waals surface area (Å²) in [5.41, 5.74) is 5.98. The zero-order valence-electron chi connectivity index (χ0n) is 18.1. The van der Waals surface area contributed by atoms with Crippen molar-refractivity contribution in [2.45, 2.75) is 20.4 Å². The normalized spacial score (nSPS) is 12.0. The van der Waals surface area contributed by atoms with Gasteiger partial charge in [0.05, 0.1) is 17.5 Å². The summed E-state index contributed by atoms with van der Waals surface area (Å²) in [4.78, 5) is 4.85. The number of anilines is 1. The maximum absolute atomic E-state index is 12.1. The third kappa shape index (κ3) is 4.87. The van der Waals surface area contributed by atoms with Crippen molar-refractivity contribution in [1.82, 2.24) is 9.55 Å². The Morgan fingerprint density at radius 1 is 1.03 bits per heavy atom. The number of imidazole rings is 1. The highest BCUT2D eigenvalue weighted by molar-refractivity contribution is 7.92. The second-order valence-corrected chi connectivity index (χ2v) is 10.0. The number of halogens is 1. The highest BCUT2D eigenvalue weighted by Crippen LogP contribution is 2.32. The number of nitrogens with one attached hydrogen (secondary N) is 1. The van der Waals surface area contributed by atoms with Crippen molar-refractivity contribution in [2.24, 2.45) is 0 Å². The van der Waals surface area contributed by atoms with Gasteiger partial charge in [-0.2, -0.15) is 0 Å². The predicted molar refractivity (Wildman–Crippen MR) is 134 cm³/mol. The molecule has 0 aliphatic rings. The largest absolute Gasteiger partial charge is 0.320 e. The second kappa shape index (κ2) is 8.81. The maximum Gasteiger partial charge on any atom is 0.229 e. The maximum atomic E-state index is 12.1. The van der Waals surface area contributed by atoms with E-state index in [0.29, 0.717) is 22.8 Å². The molecule has 32 heavy (non-hydrogen) atoms. The molecule has 4 aromatic rings. The Morgan fingerprint density at radius 3 is 2.38 bits per heavy atom. The van der Waals surface area contributed by atoms with E-state index in [0.717, 1.165) is 39.9 Å². The van der Waals surface area contributed by atoms with Crippen LogP contribution in [0.2, 0.25) is 5.02 Å². The lowest BCUT2D eigenvalue weighted by atomic mass is 10.1. The second-order valence-electron chi connectivity index (χ2n) is 7.86. The van der Waals surface area contributed by atoms with E-state index in [4.69, 9.17) is 16.6 Å². The minimum atomic E-state index is -3.46. The van der Waals surface area contributed by atoms with Crippen LogP contribution < -0.4 is 4.72 Å². The number of sulfonamides is 1. The third-order valence-corrected chi connectivity index (χ3v) is 6.19. The van der Waals surface area contributed by atoms with Gasteiger partial charge in [-0.05, 0) is 60.4 Å². The first kappa shape index (κ1) is 22.1. The lowest BCUT2D eigenvalue weighted by molar-refractivity contribution is 0.607. The first-order valence-electron chi connectivity index (χ1n) is 10.2. The van der Waals surface area contributed by atoms with Crippen LogP contribution >= 0.6 is 11.6 Å². The summed E-state index contributed by atoms with van der Waals surface area (Å²) in [6.45, 7) is 4.45. The van der Waals surface area contributed by atoms with Gasteiger partial charge in [-0.3, -0.25) is 4.72 Å². The number of aryl methyl sites for hydroxylation is 1. The molecule has 3 aromatic carbocycles. The molecule has 0 atom stereocenters. The van der Waals surface area contributed by atoms with Gasteiger partial charge in [0.15, 0.2) is 0 Å². The summed E-state index contributed by atoms with van der Waals surface area (Å²) in [7, 11) is -3.46. The Hall–Kier alpha value is -3.09. The minimum absolute atomic E-state index is 0.520. The van der Waals surface area contributed by atoms with Crippen LogP contribution in [0.1, 0.15) is 28.1 Å².